The molecule has 1 fully saturated rings. The van der Waals surface area contributed by atoms with Crippen LogP contribution < -0.4 is 11.1 Å². The van der Waals surface area contributed by atoms with E-state index in [1.165, 1.54) is 0 Å². The van der Waals surface area contributed by atoms with Crippen molar-refractivity contribution < 1.29 is 18.3 Å². The summed E-state index contributed by atoms with van der Waals surface area (Å²) in [5, 5.41) is 2.74. The van der Waals surface area contributed by atoms with Gasteiger partial charge in [-0.1, -0.05) is 0 Å². The second-order valence-electron chi connectivity index (χ2n) is 4.74. The van der Waals surface area contributed by atoms with Crippen molar-refractivity contribution in [2.24, 2.45) is 5.92 Å². The number of benzene rings is 1. The summed E-state index contributed by atoms with van der Waals surface area (Å²) in [6.45, 7) is 3.13. The summed E-state index contributed by atoms with van der Waals surface area (Å²) in [7, 11) is 0. The van der Waals surface area contributed by atoms with Crippen LogP contribution in [0, 0.1) is 17.6 Å². The molecule has 3 N–H and O–H groups in total. The highest BCUT2D eigenvalue weighted by Crippen LogP contribution is 2.19. The molecule has 4 nitrogen and oxygen atoms in total. The van der Waals surface area contributed by atoms with Crippen molar-refractivity contribution in [3.8, 4) is 0 Å². The normalized spacial score (nSPS) is 20.3. The van der Waals surface area contributed by atoms with E-state index in [0.717, 1.165) is 18.6 Å². The van der Waals surface area contributed by atoms with E-state index in [-0.39, 0.29) is 23.2 Å². The third-order valence-electron chi connectivity index (χ3n) is 3.37. The van der Waals surface area contributed by atoms with Gasteiger partial charge in [-0.2, -0.15) is 0 Å². The second kappa shape index (κ2) is 5.52. The maximum absolute atomic E-state index is 13.1. The Kier molecular flexibility index (Phi) is 3.99. The van der Waals surface area contributed by atoms with Gasteiger partial charge in [0.2, 0.25) is 0 Å². The fraction of sp³-hybridized carbons (Fsp3) is 0.462. The molecule has 6 heteroatoms. The van der Waals surface area contributed by atoms with E-state index in [9.17, 15) is 13.6 Å². The average Bonchev–Trinajstić information content (AvgIpc) is 2.87. The first-order chi connectivity index (χ1) is 8.99. The summed E-state index contributed by atoms with van der Waals surface area (Å²) in [4.78, 5) is 12.0. The van der Waals surface area contributed by atoms with Crippen LogP contribution in [0.2, 0.25) is 0 Å². The minimum Gasteiger partial charge on any atom is -0.398 e. The highest BCUT2D eigenvalue weighted by Gasteiger charge is 2.24. The summed E-state index contributed by atoms with van der Waals surface area (Å²) in [6, 6.07) is 1.52. The third kappa shape index (κ3) is 3.01. The van der Waals surface area contributed by atoms with Gasteiger partial charge in [0.1, 0.15) is 0 Å². The van der Waals surface area contributed by atoms with Gasteiger partial charge in [-0.05, 0) is 19.4 Å². The number of anilines is 1. The number of nitrogens with two attached hydrogens (primary N) is 1. The molecule has 1 aromatic carbocycles. The zero-order valence-corrected chi connectivity index (χ0v) is 10.6. The molecule has 2 unspecified atom stereocenters. The van der Waals surface area contributed by atoms with E-state index in [1.807, 2.05) is 6.92 Å². The molecular formula is C13H16F2N2O2. The van der Waals surface area contributed by atoms with Gasteiger partial charge in [-0.3, -0.25) is 4.79 Å². The van der Waals surface area contributed by atoms with E-state index >= 15 is 0 Å². The van der Waals surface area contributed by atoms with Gasteiger partial charge in [0.25, 0.3) is 5.91 Å². The molecule has 0 bridgehead atoms. The summed E-state index contributed by atoms with van der Waals surface area (Å²) < 4.78 is 31.3. The molecule has 1 saturated heterocycles. The van der Waals surface area contributed by atoms with Gasteiger partial charge >= 0.3 is 0 Å². The Morgan fingerprint density at radius 2 is 2.16 bits per heavy atom. The van der Waals surface area contributed by atoms with Crippen LogP contribution in [0.25, 0.3) is 0 Å². The number of carbonyl (C=O) groups excluding carboxylic acids is 1. The Morgan fingerprint density at radius 1 is 1.47 bits per heavy atom. The first-order valence-corrected chi connectivity index (χ1v) is 6.12. The van der Waals surface area contributed by atoms with Crippen LogP contribution in [0.5, 0.6) is 0 Å². The van der Waals surface area contributed by atoms with Crippen LogP contribution in [0.3, 0.4) is 0 Å². The van der Waals surface area contributed by atoms with Crippen molar-refractivity contribution in [3.63, 3.8) is 0 Å². The van der Waals surface area contributed by atoms with Gasteiger partial charge in [0.05, 0.1) is 12.2 Å². The number of hydrogen-bond donors (Lipinski definition) is 2. The molecule has 1 aliphatic rings. The Bertz CT molecular complexity index is 488. The van der Waals surface area contributed by atoms with Gasteiger partial charge in [-0.15, -0.1) is 0 Å². The molecule has 2 rings (SSSR count). The maximum Gasteiger partial charge on any atom is 0.253 e. The lowest BCUT2D eigenvalue weighted by atomic mass is 10.00. The van der Waals surface area contributed by atoms with E-state index < -0.39 is 17.5 Å². The second-order valence-corrected chi connectivity index (χ2v) is 4.74. The van der Waals surface area contributed by atoms with Crippen molar-refractivity contribution in [1.82, 2.24) is 5.32 Å². The minimum absolute atomic E-state index is 0.0512. The largest absolute Gasteiger partial charge is 0.398 e. The molecule has 2 atom stereocenters. The number of halogens is 2. The summed E-state index contributed by atoms with van der Waals surface area (Å²) in [5.74, 6) is -2.42. The average molecular weight is 270 g/mol. The lowest BCUT2D eigenvalue weighted by Crippen LogP contribution is -2.38. The molecule has 19 heavy (non-hydrogen) atoms. The van der Waals surface area contributed by atoms with E-state index in [4.69, 9.17) is 10.5 Å². The number of ether oxygens (including phenoxy) is 1. The predicted molar refractivity (Wildman–Crippen MR) is 66.6 cm³/mol. The first kappa shape index (κ1) is 13.7. The number of amides is 1. The summed E-state index contributed by atoms with van der Waals surface area (Å²) >= 11 is 0. The number of rotatable bonds is 3. The maximum atomic E-state index is 13.1. The van der Waals surface area contributed by atoms with Crippen molar-refractivity contribution in [3.05, 3.63) is 29.3 Å². The molecule has 1 amide bonds. The lowest BCUT2D eigenvalue weighted by Gasteiger charge is -2.19. The minimum atomic E-state index is -1.09. The zero-order valence-electron chi connectivity index (χ0n) is 10.6. The van der Waals surface area contributed by atoms with Gasteiger partial charge in [0, 0.05) is 30.3 Å². The SMILES string of the molecule is CC(NC(=O)c1cc(F)c(F)cc1N)C1CCOC1. The zero-order chi connectivity index (χ0) is 14.0. The molecule has 0 radical (unpaired) electrons. The fourth-order valence-corrected chi connectivity index (χ4v) is 2.11. The Hall–Kier alpha value is -1.69. The lowest BCUT2D eigenvalue weighted by molar-refractivity contribution is 0.0922. The highest BCUT2D eigenvalue weighted by atomic mass is 19.2. The van der Waals surface area contributed by atoms with Crippen molar-refractivity contribution in [1.29, 1.82) is 0 Å². The number of carbonyl (C=O) groups is 1. The number of nitrogens with one attached hydrogen (secondary N) is 1. The monoisotopic (exact) mass is 270 g/mol. The standard InChI is InChI=1S/C13H16F2N2O2/c1-7(8-2-3-19-6-8)17-13(18)9-4-10(14)11(15)5-12(9)16/h4-5,7-8H,2-3,6,16H2,1H3,(H,17,18). The van der Waals surface area contributed by atoms with E-state index in [0.29, 0.717) is 13.2 Å². The topological polar surface area (TPSA) is 64.4 Å². The van der Waals surface area contributed by atoms with Crippen LogP contribution in [-0.4, -0.2) is 25.2 Å². The molecule has 0 spiro atoms. The number of nitrogen functional groups attached to an aromatic ring is 1. The van der Waals surface area contributed by atoms with Crippen LogP contribution in [0.1, 0.15) is 23.7 Å². The van der Waals surface area contributed by atoms with Crippen molar-refractivity contribution in [2.45, 2.75) is 19.4 Å². The molecule has 0 aromatic heterocycles. The Morgan fingerprint density at radius 3 is 2.79 bits per heavy atom. The molecule has 1 aliphatic heterocycles. The van der Waals surface area contributed by atoms with Crippen molar-refractivity contribution >= 4 is 11.6 Å². The number of hydrogen-bond acceptors (Lipinski definition) is 3. The fourth-order valence-electron chi connectivity index (χ4n) is 2.11. The smallest absolute Gasteiger partial charge is 0.253 e. The predicted octanol–water partition coefficient (Wildman–Crippen LogP) is 1.70. The van der Waals surface area contributed by atoms with Crippen LogP contribution in [-0.2, 0) is 4.74 Å². The third-order valence-corrected chi connectivity index (χ3v) is 3.37. The molecule has 104 valence electrons. The molecule has 0 aliphatic carbocycles. The van der Waals surface area contributed by atoms with Gasteiger partial charge in [-0.25, -0.2) is 8.78 Å². The van der Waals surface area contributed by atoms with Crippen molar-refractivity contribution in [2.75, 3.05) is 18.9 Å². The van der Waals surface area contributed by atoms with Gasteiger partial charge in [0.15, 0.2) is 11.6 Å². The summed E-state index contributed by atoms with van der Waals surface area (Å²) in [6.07, 6.45) is 0.870. The van der Waals surface area contributed by atoms with E-state index in [1.54, 1.807) is 0 Å². The highest BCUT2D eigenvalue weighted by molar-refractivity contribution is 5.99. The first-order valence-electron chi connectivity index (χ1n) is 6.12. The van der Waals surface area contributed by atoms with Crippen LogP contribution in [0.4, 0.5) is 14.5 Å². The molecule has 1 aromatic rings. The van der Waals surface area contributed by atoms with Crippen LogP contribution in [0.15, 0.2) is 12.1 Å². The van der Waals surface area contributed by atoms with E-state index in [2.05, 4.69) is 5.32 Å². The molecule has 1 heterocycles. The Balaban J connectivity index is 2.09. The van der Waals surface area contributed by atoms with Gasteiger partial charge < -0.3 is 15.8 Å². The molecular weight excluding hydrogens is 254 g/mol. The summed E-state index contributed by atoms with van der Waals surface area (Å²) in [5.41, 5.74) is 5.40. The van der Waals surface area contributed by atoms with Crippen LogP contribution >= 0.6 is 0 Å². The molecule has 0 saturated carbocycles. The quantitative estimate of drug-likeness (QED) is 0.822. The Labute approximate surface area is 109 Å².